The number of anilines is 1. The number of rotatable bonds is 11. The molecule has 2 unspecified atom stereocenters. The summed E-state index contributed by atoms with van der Waals surface area (Å²) in [5, 5.41) is 12.7. The summed E-state index contributed by atoms with van der Waals surface area (Å²) >= 11 is 1.62. The molecule has 0 amide bonds. The summed E-state index contributed by atoms with van der Waals surface area (Å²) in [6.45, 7) is 6.98. The largest absolute Gasteiger partial charge is 0.392 e. The van der Waals surface area contributed by atoms with Crippen LogP contribution in [0, 0.1) is 0 Å². The lowest BCUT2D eigenvalue weighted by Gasteiger charge is -2.31. The highest BCUT2D eigenvalue weighted by atomic mass is 32.2. The Morgan fingerprint density at radius 3 is 2.77 bits per heavy atom. The number of sulfonamides is 1. The third-order valence-electron chi connectivity index (χ3n) is 6.11. The van der Waals surface area contributed by atoms with Crippen molar-refractivity contribution in [3.05, 3.63) is 46.3 Å². The zero-order valence-electron chi connectivity index (χ0n) is 18.7. The van der Waals surface area contributed by atoms with Gasteiger partial charge in [0.2, 0.25) is 10.0 Å². The molecule has 1 N–H and O–H groups in total. The maximum Gasteiger partial charge on any atom is 0.236 e. The number of thiophene rings is 1. The highest BCUT2D eigenvalue weighted by Gasteiger charge is 2.39. The van der Waals surface area contributed by atoms with E-state index in [2.05, 4.69) is 11.9 Å². The quantitative estimate of drug-likeness (QED) is 0.494. The molecule has 2 aromatic heterocycles. The Bertz CT molecular complexity index is 912. The van der Waals surface area contributed by atoms with Crippen molar-refractivity contribution in [1.82, 2.24) is 4.98 Å². The van der Waals surface area contributed by atoms with Crippen LogP contribution in [0.2, 0.25) is 0 Å². The van der Waals surface area contributed by atoms with Crippen molar-refractivity contribution in [2.24, 2.45) is 0 Å². The van der Waals surface area contributed by atoms with Gasteiger partial charge in [-0.05, 0) is 35.9 Å². The Kier molecular flexibility index (Phi) is 8.13. The predicted molar refractivity (Wildman–Crippen MR) is 126 cm³/mol. The molecule has 8 heteroatoms. The van der Waals surface area contributed by atoms with E-state index in [0.29, 0.717) is 25.5 Å². The number of unbranched alkanes of at least 4 members (excludes halogenated alkanes) is 2. The third kappa shape index (κ3) is 5.86. The zero-order chi connectivity index (χ0) is 22.5. The normalized spacial score (nSPS) is 19.6. The van der Waals surface area contributed by atoms with E-state index in [9.17, 15) is 13.5 Å². The van der Waals surface area contributed by atoms with Crippen molar-refractivity contribution >= 4 is 27.2 Å². The number of aliphatic hydroxyl groups excluding tert-OH is 1. The number of aliphatic hydroxyl groups is 1. The van der Waals surface area contributed by atoms with E-state index >= 15 is 0 Å². The van der Waals surface area contributed by atoms with Crippen molar-refractivity contribution in [1.29, 1.82) is 0 Å². The van der Waals surface area contributed by atoms with Gasteiger partial charge in [-0.2, -0.15) is 0 Å². The predicted octanol–water partition coefficient (Wildman–Crippen LogP) is 4.49. The first-order valence-electron chi connectivity index (χ1n) is 11.0. The first-order valence-corrected chi connectivity index (χ1v) is 13.5. The summed E-state index contributed by atoms with van der Waals surface area (Å²) in [4.78, 5) is 5.61. The molecule has 172 valence electrons. The molecular formula is C23H34N2O4S2. The third-order valence-corrected chi connectivity index (χ3v) is 8.79. The molecule has 0 bridgehead atoms. The highest BCUT2D eigenvalue weighted by Crippen LogP contribution is 2.33. The molecule has 0 aliphatic carbocycles. The molecule has 0 spiro atoms. The van der Waals surface area contributed by atoms with Gasteiger partial charge >= 0.3 is 0 Å². The van der Waals surface area contributed by atoms with Gasteiger partial charge in [0.05, 0.1) is 31.1 Å². The Morgan fingerprint density at radius 2 is 2.13 bits per heavy atom. The Balaban J connectivity index is 1.69. The summed E-state index contributed by atoms with van der Waals surface area (Å²) < 4.78 is 32.6. The van der Waals surface area contributed by atoms with Gasteiger partial charge in [0, 0.05) is 16.5 Å². The maximum atomic E-state index is 12.7. The van der Waals surface area contributed by atoms with Crippen molar-refractivity contribution < 1.29 is 18.3 Å². The zero-order valence-corrected chi connectivity index (χ0v) is 20.3. The molecule has 31 heavy (non-hydrogen) atoms. The molecule has 0 aromatic carbocycles. The minimum absolute atomic E-state index is 0.102. The summed E-state index contributed by atoms with van der Waals surface area (Å²) in [5.41, 5.74) is 0.453. The van der Waals surface area contributed by atoms with Gasteiger partial charge in [-0.1, -0.05) is 52.2 Å². The van der Waals surface area contributed by atoms with E-state index in [4.69, 9.17) is 4.74 Å². The molecule has 1 fully saturated rings. The molecule has 1 saturated heterocycles. The smallest absolute Gasteiger partial charge is 0.236 e. The van der Waals surface area contributed by atoms with Crippen LogP contribution in [0.25, 0.3) is 0 Å². The molecule has 1 aliphatic rings. The summed E-state index contributed by atoms with van der Waals surface area (Å²) in [5.74, 6) is 0.521. The van der Waals surface area contributed by atoms with Gasteiger partial charge in [0.15, 0.2) is 0 Å². The summed E-state index contributed by atoms with van der Waals surface area (Å²) in [6, 6.07) is 7.37. The van der Waals surface area contributed by atoms with Crippen molar-refractivity contribution in [2.45, 2.75) is 77.0 Å². The van der Waals surface area contributed by atoms with Crippen LogP contribution in [-0.4, -0.2) is 43.0 Å². The lowest BCUT2D eigenvalue weighted by Crippen LogP contribution is -2.37. The van der Waals surface area contributed by atoms with Gasteiger partial charge < -0.3 is 9.84 Å². The molecule has 2 atom stereocenters. The number of ether oxygens (including phenoxy) is 1. The Hall–Kier alpha value is -1.48. The van der Waals surface area contributed by atoms with E-state index in [1.807, 2.05) is 37.4 Å². The molecule has 1 aliphatic heterocycles. The summed E-state index contributed by atoms with van der Waals surface area (Å²) in [6.07, 6.45) is 5.71. The van der Waals surface area contributed by atoms with Gasteiger partial charge in [0.25, 0.3) is 0 Å². The van der Waals surface area contributed by atoms with E-state index in [1.54, 1.807) is 23.6 Å². The van der Waals surface area contributed by atoms with Crippen LogP contribution in [0.4, 0.5) is 5.82 Å². The molecular weight excluding hydrogens is 432 g/mol. The number of hydrogen-bond acceptors (Lipinski definition) is 6. The van der Waals surface area contributed by atoms with Crippen LogP contribution < -0.4 is 4.31 Å². The van der Waals surface area contributed by atoms with Crippen LogP contribution in [-0.2, 0) is 26.8 Å². The Morgan fingerprint density at radius 1 is 1.32 bits per heavy atom. The molecule has 3 rings (SSSR count). The van der Waals surface area contributed by atoms with Crippen molar-refractivity contribution in [3.8, 4) is 0 Å². The lowest BCUT2D eigenvalue weighted by molar-refractivity contribution is 0.0884. The number of aromatic nitrogens is 1. The Labute approximate surface area is 190 Å². The number of pyridine rings is 1. The first-order chi connectivity index (χ1) is 14.8. The second-order valence-electron chi connectivity index (χ2n) is 8.79. The molecule has 0 saturated carbocycles. The van der Waals surface area contributed by atoms with Gasteiger partial charge in [-0.25, -0.2) is 17.7 Å². The van der Waals surface area contributed by atoms with E-state index in [1.165, 1.54) is 4.31 Å². The minimum Gasteiger partial charge on any atom is -0.392 e. The monoisotopic (exact) mass is 466 g/mol. The average molecular weight is 467 g/mol. The van der Waals surface area contributed by atoms with Crippen molar-refractivity contribution in [2.75, 3.05) is 16.7 Å². The SMILES string of the molecule is CCCCCC(O)C(C)(C)c1ccc(N2C(COCc3cccs3)CCS2(=O)=O)nc1. The topological polar surface area (TPSA) is 79.7 Å². The van der Waals surface area contributed by atoms with Crippen LogP contribution in [0.15, 0.2) is 35.8 Å². The molecule has 2 aromatic rings. The maximum absolute atomic E-state index is 12.7. The fourth-order valence-electron chi connectivity index (χ4n) is 3.94. The summed E-state index contributed by atoms with van der Waals surface area (Å²) in [7, 11) is -3.41. The van der Waals surface area contributed by atoms with E-state index in [-0.39, 0.29) is 11.8 Å². The standard InChI is InChI=1S/C23H34N2O4S2/c1-4-5-6-9-21(26)23(2,3)18-10-11-22(24-15-18)25-19(12-14-31(25,27)28)16-29-17-20-8-7-13-30-20/h7-8,10-11,13,15,19,21,26H,4-6,9,12,14,16-17H2,1-3H3. The van der Waals surface area contributed by atoms with Gasteiger partial charge in [-0.15, -0.1) is 11.3 Å². The molecule has 0 radical (unpaired) electrons. The molecule has 6 nitrogen and oxygen atoms in total. The highest BCUT2D eigenvalue weighted by molar-refractivity contribution is 7.93. The van der Waals surface area contributed by atoms with Crippen LogP contribution in [0.1, 0.15) is 63.3 Å². The van der Waals surface area contributed by atoms with Crippen LogP contribution in [0.3, 0.4) is 0 Å². The fraction of sp³-hybridized carbons (Fsp3) is 0.609. The second-order valence-corrected chi connectivity index (χ2v) is 11.8. The average Bonchev–Trinajstić information content (AvgIpc) is 3.35. The number of nitrogens with zero attached hydrogens (tertiary/aromatic N) is 2. The fourth-order valence-corrected chi connectivity index (χ4v) is 6.36. The van der Waals surface area contributed by atoms with E-state index < -0.39 is 21.5 Å². The number of hydrogen-bond donors (Lipinski definition) is 1. The lowest BCUT2D eigenvalue weighted by atomic mass is 9.78. The van der Waals surface area contributed by atoms with Crippen LogP contribution in [0.5, 0.6) is 0 Å². The minimum atomic E-state index is -3.41. The van der Waals surface area contributed by atoms with E-state index in [0.717, 1.165) is 36.1 Å². The van der Waals surface area contributed by atoms with Gasteiger partial charge in [0.1, 0.15) is 5.82 Å². The molecule has 3 heterocycles. The van der Waals surface area contributed by atoms with Crippen molar-refractivity contribution in [3.63, 3.8) is 0 Å². The van der Waals surface area contributed by atoms with Crippen LogP contribution >= 0.6 is 11.3 Å². The van der Waals surface area contributed by atoms with Gasteiger partial charge in [-0.3, -0.25) is 0 Å². The first kappa shape index (κ1) is 24.2. The second kappa shape index (κ2) is 10.4.